The van der Waals surface area contributed by atoms with Crippen LogP contribution in [0.3, 0.4) is 0 Å². The highest BCUT2D eigenvalue weighted by atomic mass is 127. The third-order valence-electron chi connectivity index (χ3n) is 2.01. The lowest BCUT2D eigenvalue weighted by atomic mass is 10.2. The monoisotopic (exact) mass is 335 g/mol. The second-order valence-electron chi connectivity index (χ2n) is 3.25. The van der Waals surface area contributed by atoms with E-state index in [1.165, 1.54) is 0 Å². The Morgan fingerprint density at radius 3 is 2.93 bits per heavy atom. The highest BCUT2D eigenvalue weighted by molar-refractivity contribution is 14.1. The molecule has 0 aliphatic carbocycles. The molecule has 0 aliphatic rings. The molecule has 15 heavy (non-hydrogen) atoms. The van der Waals surface area contributed by atoms with Crippen molar-refractivity contribution in [2.75, 3.05) is 17.3 Å². The average molecular weight is 335 g/mol. The number of carbonyl (C=O) groups is 1. The lowest BCUT2D eigenvalue weighted by Crippen LogP contribution is -2.13. The Morgan fingerprint density at radius 2 is 2.27 bits per heavy atom. The average Bonchev–Trinajstić information content (AvgIpc) is 2.20. The van der Waals surface area contributed by atoms with Crippen molar-refractivity contribution < 1.29 is 4.79 Å². The smallest absolute Gasteiger partial charge is 0.225 e. The minimum Gasteiger partial charge on any atom is -0.326 e. The van der Waals surface area contributed by atoms with E-state index in [-0.39, 0.29) is 5.91 Å². The number of halogens is 1. The Kier molecular flexibility index (Phi) is 5.45. The fourth-order valence-electron chi connectivity index (χ4n) is 1.14. The second kappa shape index (κ2) is 6.37. The van der Waals surface area contributed by atoms with E-state index in [0.29, 0.717) is 6.42 Å². The van der Waals surface area contributed by atoms with Gasteiger partial charge in [-0.3, -0.25) is 4.79 Å². The molecule has 0 atom stereocenters. The Labute approximate surface area is 108 Å². The highest BCUT2D eigenvalue weighted by Crippen LogP contribution is 2.18. The van der Waals surface area contributed by atoms with Gasteiger partial charge in [0.2, 0.25) is 5.91 Å². The summed E-state index contributed by atoms with van der Waals surface area (Å²) in [5.74, 6) is 0.962. The van der Waals surface area contributed by atoms with Gasteiger partial charge in [-0.15, -0.1) is 0 Å². The lowest BCUT2D eigenvalue weighted by Gasteiger charge is -2.08. The van der Waals surface area contributed by atoms with Crippen molar-refractivity contribution in [2.24, 2.45) is 0 Å². The molecule has 1 amide bonds. The van der Waals surface area contributed by atoms with Crippen molar-refractivity contribution >= 4 is 45.9 Å². The predicted octanol–water partition coefficient (Wildman–Crippen LogP) is 3.29. The first kappa shape index (κ1) is 12.8. The molecular formula is C11H14INOS. The molecule has 0 saturated carbocycles. The molecule has 1 aromatic carbocycles. The zero-order valence-electron chi connectivity index (χ0n) is 8.84. The number of hydrogen-bond donors (Lipinski definition) is 1. The van der Waals surface area contributed by atoms with Crippen LogP contribution in [-0.4, -0.2) is 17.9 Å². The van der Waals surface area contributed by atoms with Gasteiger partial charge in [0.05, 0.1) is 0 Å². The summed E-state index contributed by atoms with van der Waals surface area (Å²) in [7, 11) is 0. The Bertz CT molecular complexity index is 354. The van der Waals surface area contributed by atoms with Crippen LogP contribution in [0.15, 0.2) is 18.2 Å². The van der Waals surface area contributed by atoms with Gasteiger partial charge in [0, 0.05) is 21.4 Å². The summed E-state index contributed by atoms with van der Waals surface area (Å²) in [6, 6.07) is 6.05. The molecule has 1 aromatic rings. The van der Waals surface area contributed by atoms with Crippen LogP contribution in [0.2, 0.25) is 0 Å². The highest BCUT2D eigenvalue weighted by Gasteiger charge is 2.04. The van der Waals surface area contributed by atoms with Crippen LogP contribution in [0.25, 0.3) is 0 Å². The topological polar surface area (TPSA) is 29.1 Å². The molecule has 1 rings (SSSR count). The number of nitrogens with one attached hydrogen (secondary N) is 1. The van der Waals surface area contributed by atoms with Gasteiger partial charge in [0.25, 0.3) is 0 Å². The van der Waals surface area contributed by atoms with E-state index in [1.54, 1.807) is 11.8 Å². The summed E-state index contributed by atoms with van der Waals surface area (Å²) >= 11 is 3.93. The van der Waals surface area contributed by atoms with Crippen molar-refractivity contribution in [3.05, 3.63) is 27.3 Å². The number of benzene rings is 1. The Morgan fingerprint density at radius 1 is 1.53 bits per heavy atom. The molecule has 0 saturated heterocycles. The molecule has 1 N–H and O–H groups in total. The quantitative estimate of drug-likeness (QED) is 0.856. The van der Waals surface area contributed by atoms with Crippen molar-refractivity contribution in [2.45, 2.75) is 13.3 Å². The van der Waals surface area contributed by atoms with Gasteiger partial charge in [-0.05, 0) is 53.5 Å². The first-order valence-corrected chi connectivity index (χ1v) is 7.15. The minimum absolute atomic E-state index is 0.0921. The summed E-state index contributed by atoms with van der Waals surface area (Å²) in [6.07, 6.45) is 2.58. The van der Waals surface area contributed by atoms with E-state index in [2.05, 4.69) is 27.9 Å². The molecule has 82 valence electrons. The number of rotatable bonds is 4. The predicted molar refractivity (Wildman–Crippen MR) is 75.5 cm³/mol. The standard InChI is InChI=1S/C11H14INOS/c1-8-3-4-9(12)7-10(8)13-11(14)5-6-15-2/h3-4,7H,5-6H2,1-2H3,(H,13,14). The number of hydrogen-bond acceptors (Lipinski definition) is 2. The van der Waals surface area contributed by atoms with E-state index in [4.69, 9.17) is 0 Å². The summed E-state index contributed by atoms with van der Waals surface area (Å²) in [4.78, 5) is 11.5. The van der Waals surface area contributed by atoms with E-state index >= 15 is 0 Å². The van der Waals surface area contributed by atoms with Gasteiger partial charge in [-0.25, -0.2) is 0 Å². The van der Waals surface area contributed by atoms with Gasteiger partial charge in [-0.2, -0.15) is 11.8 Å². The molecule has 0 radical (unpaired) electrons. The second-order valence-corrected chi connectivity index (χ2v) is 5.48. The van der Waals surface area contributed by atoms with Gasteiger partial charge < -0.3 is 5.32 Å². The van der Waals surface area contributed by atoms with Crippen molar-refractivity contribution in [3.63, 3.8) is 0 Å². The molecule has 0 aliphatic heterocycles. The van der Waals surface area contributed by atoms with Crippen LogP contribution < -0.4 is 5.32 Å². The first-order chi connectivity index (χ1) is 7.13. The van der Waals surface area contributed by atoms with Crippen LogP contribution in [-0.2, 0) is 4.79 Å². The number of anilines is 1. The molecule has 0 aromatic heterocycles. The summed E-state index contributed by atoms with van der Waals surface area (Å²) < 4.78 is 1.14. The summed E-state index contributed by atoms with van der Waals surface area (Å²) in [5, 5.41) is 2.93. The van der Waals surface area contributed by atoms with E-state index in [1.807, 2.05) is 31.4 Å². The van der Waals surface area contributed by atoms with E-state index < -0.39 is 0 Å². The SMILES string of the molecule is CSCCC(=O)Nc1cc(I)ccc1C. The summed E-state index contributed by atoms with van der Waals surface area (Å²) in [6.45, 7) is 2.00. The molecule has 0 unspecified atom stereocenters. The van der Waals surface area contributed by atoms with Crippen LogP contribution in [0.4, 0.5) is 5.69 Å². The maximum Gasteiger partial charge on any atom is 0.225 e. The van der Waals surface area contributed by atoms with E-state index in [9.17, 15) is 4.79 Å². The third-order valence-corrected chi connectivity index (χ3v) is 3.29. The lowest BCUT2D eigenvalue weighted by molar-refractivity contribution is -0.115. The Hall–Kier alpha value is -0.230. The van der Waals surface area contributed by atoms with Gasteiger partial charge in [0.15, 0.2) is 0 Å². The van der Waals surface area contributed by atoms with Crippen molar-refractivity contribution in [1.82, 2.24) is 0 Å². The molecule has 0 spiro atoms. The zero-order valence-corrected chi connectivity index (χ0v) is 11.8. The van der Waals surface area contributed by atoms with Crippen LogP contribution in [0.5, 0.6) is 0 Å². The van der Waals surface area contributed by atoms with Crippen molar-refractivity contribution in [3.8, 4) is 0 Å². The maximum atomic E-state index is 11.5. The van der Waals surface area contributed by atoms with E-state index in [0.717, 1.165) is 20.6 Å². The third kappa shape index (κ3) is 4.42. The van der Waals surface area contributed by atoms with Crippen LogP contribution in [0, 0.1) is 10.5 Å². The number of amides is 1. The molecule has 2 nitrogen and oxygen atoms in total. The number of thioether (sulfide) groups is 1. The zero-order chi connectivity index (χ0) is 11.3. The first-order valence-electron chi connectivity index (χ1n) is 4.68. The fourth-order valence-corrected chi connectivity index (χ4v) is 2.02. The van der Waals surface area contributed by atoms with Gasteiger partial charge >= 0.3 is 0 Å². The summed E-state index contributed by atoms with van der Waals surface area (Å²) in [5.41, 5.74) is 2.03. The molecular weight excluding hydrogens is 321 g/mol. The van der Waals surface area contributed by atoms with Gasteiger partial charge in [0.1, 0.15) is 0 Å². The number of aryl methyl sites for hydroxylation is 1. The van der Waals surface area contributed by atoms with Crippen LogP contribution >= 0.6 is 34.4 Å². The molecule has 0 fully saturated rings. The molecule has 4 heteroatoms. The molecule has 0 bridgehead atoms. The Balaban J connectivity index is 2.63. The fraction of sp³-hybridized carbons (Fsp3) is 0.364. The van der Waals surface area contributed by atoms with Crippen LogP contribution in [0.1, 0.15) is 12.0 Å². The number of carbonyl (C=O) groups excluding carboxylic acids is 1. The normalized spacial score (nSPS) is 10.1. The molecule has 0 heterocycles. The largest absolute Gasteiger partial charge is 0.326 e. The van der Waals surface area contributed by atoms with Crippen molar-refractivity contribution in [1.29, 1.82) is 0 Å². The van der Waals surface area contributed by atoms with Gasteiger partial charge in [-0.1, -0.05) is 6.07 Å². The maximum absolute atomic E-state index is 11.5. The minimum atomic E-state index is 0.0921.